The summed E-state index contributed by atoms with van der Waals surface area (Å²) >= 11 is 0.256. The van der Waals surface area contributed by atoms with E-state index < -0.39 is 0 Å². The van der Waals surface area contributed by atoms with E-state index in [4.69, 9.17) is 0 Å². The second kappa shape index (κ2) is 4.94. The van der Waals surface area contributed by atoms with Crippen LogP contribution in [0.4, 0.5) is 0 Å². The Labute approximate surface area is 99.3 Å². The van der Waals surface area contributed by atoms with Gasteiger partial charge in [0.2, 0.25) is 0 Å². The van der Waals surface area contributed by atoms with E-state index >= 15 is 0 Å². The van der Waals surface area contributed by atoms with Gasteiger partial charge in [0.25, 0.3) is 0 Å². The van der Waals surface area contributed by atoms with E-state index in [1.165, 1.54) is 30.7 Å². The van der Waals surface area contributed by atoms with E-state index in [1.54, 1.807) is 8.33 Å². The van der Waals surface area contributed by atoms with Gasteiger partial charge in [-0.15, -0.1) is 0 Å². The van der Waals surface area contributed by atoms with Gasteiger partial charge in [0.05, 0.1) is 0 Å². The molecule has 2 rings (SSSR count). The number of hydrogen-bond acceptors (Lipinski definition) is 0. The summed E-state index contributed by atoms with van der Waals surface area (Å²) in [6.07, 6.45) is 10.7. The predicted octanol–water partition coefficient (Wildman–Crippen LogP) is 2.96. The zero-order valence-electron chi connectivity index (χ0n) is 9.28. The first kappa shape index (κ1) is 10.9. The molecule has 0 aliphatic heterocycles. The van der Waals surface area contributed by atoms with Crippen LogP contribution < -0.4 is 4.16 Å². The van der Waals surface area contributed by atoms with E-state index in [0.717, 1.165) is 0 Å². The van der Waals surface area contributed by atoms with Crippen molar-refractivity contribution in [3.05, 3.63) is 39.8 Å². The van der Waals surface area contributed by atoms with Crippen molar-refractivity contribution < 1.29 is 17.1 Å². The molecule has 82 valence electrons. The maximum absolute atomic E-state index is 3.39. The Morgan fingerprint density at radius 3 is 2.93 bits per heavy atom. The van der Waals surface area contributed by atoms with Crippen LogP contribution >= 0.6 is 0 Å². The average Bonchev–Trinajstić information content (AvgIpc) is 2.44. The predicted molar refractivity (Wildman–Crippen MR) is 61.0 cm³/mol. The Balaban J connectivity index is 2.11. The zero-order valence-corrected chi connectivity index (χ0v) is 11.0. The molecule has 1 aliphatic carbocycles. The Morgan fingerprint density at radius 1 is 1.33 bits per heavy atom. The fraction of sp³-hybridized carbons (Fsp3) is 0.385. The van der Waals surface area contributed by atoms with Crippen molar-refractivity contribution >= 4 is 4.16 Å². The van der Waals surface area contributed by atoms with Crippen molar-refractivity contribution in [1.82, 2.24) is 4.98 Å². The monoisotopic (exact) mass is 289 g/mol. The standard InChI is InChI=1S/C7H9.C6H8N.Ru/c1-2-4-6-7-5-3-1;1-5-3-4-6(2)7-5;/h1-3H,4,6-7H2;3,7H,1-2H3;. The summed E-state index contributed by atoms with van der Waals surface area (Å²) in [5, 5.41) is 0. The van der Waals surface area contributed by atoms with Gasteiger partial charge in [-0.1, -0.05) is 0 Å². The van der Waals surface area contributed by atoms with E-state index in [0.29, 0.717) is 0 Å². The zero-order chi connectivity index (χ0) is 10.7. The second-order valence-corrected chi connectivity index (χ2v) is 6.41. The van der Waals surface area contributed by atoms with Crippen molar-refractivity contribution in [2.45, 2.75) is 33.1 Å². The Morgan fingerprint density at radius 2 is 2.20 bits per heavy atom. The van der Waals surface area contributed by atoms with Gasteiger partial charge in [0, 0.05) is 0 Å². The minimum absolute atomic E-state index is 0.256. The van der Waals surface area contributed by atoms with Crippen LogP contribution in [0.25, 0.3) is 0 Å². The number of aromatic nitrogens is 1. The molecule has 0 radical (unpaired) electrons. The number of hydrogen-bond donors (Lipinski definition) is 1. The molecule has 1 heterocycles. The number of aromatic amines is 1. The van der Waals surface area contributed by atoms with Crippen LogP contribution in [0.15, 0.2) is 28.5 Å². The van der Waals surface area contributed by atoms with Crippen molar-refractivity contribution in [3.8, 4) is 0 Å². The summed E-state index contributed by atoms with van der Waals surface area (Å²) in [6, 6.07) is 2.31. The Hall–Kier alpha value is -0.617. The molecule has 2 heteroatoms. The summed E-state index contributed by atoms with van der Waals surface area (Å²) in [5.41, 5.74) is 2.65. The van der Waals surface area contributed by atoms with Crippen LogP contribution in [0, 0.1) is 13.8 Å². The normalized spacial score (nSPS) is 16.5. The van der Waals surface area contributed by atoms with E-state index in [-0.39, 0.29) is 17.1 Å². The topological polar surface area (TPSA) is 15.8 Å². The molecule has 0 amide bonds. The molecule has 1 aliphatic rings. The third-order valence-corrected chi connectivity index (χ3v) is 5.12. The van der Waals surface area contributed by atoms with Crippen LogP contribution in [0.3, 0.4) is 0 Å². The molecule has 0 aromatic carbocycles. The molecule has 0 fully saturated rings. The molecule has 0 unspecified atom stereocenters. The summed E-state index contributed by atoms with van der Waals surface area (Å²) in [5.74, 6) is 0. The summed E-state index contributed by atoms with van der Waals surface area (Å²) in [4.78, 5) is 3.39. The van der Waals surface area contributed by atoms with Crippen LogP contribution in [0.2, 0.25) is 0 Å². The number of nitrogens with one attached hydrogen (secondary N) is 1. The number of aryl methyl sites for hydroxylation is 2. The third-order valence-electron chi connectivity index (χ3n) is 2.47. The summed E-state index contributed by atoms with van der Waals surface area (Å²) in [6.45, 7) is 4.32. The first-order valence-electron chi connectivity index (χ1n) is 5.40. The first-order chi connectivity index (χ1) is 7.25. The number of H-pyrrole nitrogens is 1. The average molecular weight is 288 g/mol. The van der Waals surface area contributed by atoms with E-state index in [9.17, 15) is 0 Å². The van der Waals surface area contributed by atoms with Gasteiger partial charge in [0.1, 0.15) is 0 Å². The molecule has 0 saturated heterocycles. The molecule has 0 spiro atoms. The van der Waals surface area contributed by atoms with Crippen molar-refractivity contribution in [2.24, 2.45) is 0 Å². The van der Waals surface area contributed by atoms with Gasteiger partial charge in [-0.05, 0) is 0 Å². The fourth-order valence-corrected chi connectivity index (χ4v) is 4.08. The van der Waals surface area contributed by atoms with Crippen LogP contribution in [0.5, 0.6) is 0 Å². The van der Waals surface area contributed by atoms with Crippen molar-refractivity contribution in [3.63, 3.8) is 0 Å². The Bertz CT molecular complexity index is 399. The van der Waals surface area contributed by atoms with Crippen LogP contribution in [-0.2, 0) is 17.1 Å². The van der Waals surface area contributed by atoms with Gasteiger partial charge in [-0.3, -0.25) is 0 Å². The SMILES string of the molecule is Cc1c[c]([Ru][C]2=CC=CCCC2)c(C)[nH]1. The summed E-state index contributed by atoms with van der Waals surface area (Å²) in [7, 11) is 0. The van der Waals surface area contributed by atoms with Crippen molar-refractivity contribution in [2.75, 3.05) is 0 Å². The van der Waals surface area contributed by atoms with E-state index in [2.05, 4.69) is 43.1 Å². The number of rotatable bonds is 2. The van der Waals surface area contributed by atoms with Crippen molar-refractivity contribution in [1.29, 1.82) is 0 Å². The maximum atomic E-state index is 3.39. The van der Waals surface area contributed by atoms with Gasteiger partial charge < -0.3 is 0 Å². The molecular weight excluding hydrogens is 271 g/mol. The van der Waals surface area contributed by atoms with Gasteiger partial charge >= 0.3 is 99.2 Å². The van der Waals surface area contributed by atoms with Crippen LogP contribution in [0.1, 0.15) is 30.7 Å². The molecule has 1 N–H and O–H groups in total. The molecule has 1 aromatic rings. The van der Waals surface area contributed by atoms with Gasteiger partial charge in [-0.25, -0.2) is 0 Å². The molecular formula is C13H17NRu. The molecule has 0 saturated carbocycles. The minimum atomic E-state index is 0.256. The molecule has 0 bridgehead atoms. The summed E-state index contributed by atoms with van der Waals surface area (Å²) < 4.78 is 3.19. The molecule has 1 nitrogen and oxygen atoms in total. The molecule has 0 atom stereocenters. The van der Waals surface area contributed by atoms with Gasteiger partial charge in [-0.2, -0.15) is 0 Å². The van der Waals surface area contributed by atoms with E-state index in [1.807, 2.05) is 0 Å². The van der Waals surface area contributed by atoms with Gasteiger partial charge in [0.15, 0.2) is 0 Å². The van der Waals surface area contributed by atoms with Crippen LogP contribution in [-0.4, -0.2) is 4.98 Å². The second-order valence-electron chi connectivity index (χ2n) is 3.92. The molecule has 15 heavy (non-hydrogen) atoms. The quantitative estimate of drug-likeness (QED) is 0.805. The number of allylic oxidation sites excluding steroid dienone is 4. The third kappa shape index (κ3) is 2.92. The Kier molecular flexibility index (Phi) is 3.59. The fourth-order valence-electron chi connectivity index (χ4n) is 1.70. The molecule has 1 aromatic heterocycles. The first-order valence-corrected chi connectivity index (χ1v) is 7.14.